The maximum atomic E-state index is 6.66. The zero-order chi connectivity index (χ0) is 35.4. The summed E-state index contributed by atoms with van der Waals surface area (Å²) in [4.78, 5) is 0. The average molecular weight is 683 g/mol. The van der Waals surface area contributed by atoms with E-state index in [2.05, 4.69) is 142 Å². The number of nitrogens with zero attached hydrogens (tertiary/aromatic N) is 1. The molecule has 1 spiro atoms. The molecule has 0 N–H and O–H groups in total. The van der Waals surface area contributed by atoms with Gasteiger partial charge in [0, 0.05) is 17.7 Å². The Hall–Kier alpha value is -5.15. The van der Waals surface area contributed by atoms with Gasteiger partial charge in [0.05, 0.1) is 24.2 Å². The molecular formula is C49H48NO2+. The number of hydrogen-bond donors (Lipinski definition) is 0. The molecule has 3 heteroatoms. The average Bonchev–Trinajstić information content (AvgIpc) is 3.78. The Kier molecular flexibility index (Phi) is 8.26. The fourth-order valence-electron chi connectivity index (χ4n) is 9.10. The van der Waals surface area contributed by atoms with Crippen LogP contribution in [-0.2, 0) is 12.0 Å². The van der Waals surface area contributed by atoms with E-state index in [1.165, 1.54) is 90.0 Å². The first-order chi connectivity index (χ1) is 25.5. The van der Waals surface area contributed by atoms with Crippen molar-refractivity contribution in [2.45, 2.75) is 78.2 Å². The summed E-state index contributed by atoms with van der Waals surface area (Å²) in [6.07, 6.45) is 8.92. The normalized spacial score (nSPS) is 15.5. The van der Waals surface area contributed by atoms with Crippen LogP contribution >= 0.6 is 0 Å². The predicted octanol–water partition coefficient (Wildman–Crippen LogP) is 11.8. The second kappa shape index (κ2) is 13.1. The molecule has 52 heavy (non-hydrogen) atoms. The summed E-state index contributed by atoms with van der Waals surface area (Å²) < 4.78 is 15.6. The molecule has 0 saturated carbocycles. The number of benzene rings is 5. The molecule has 5 aromatic carbocycles. The van der Waals surface area contributed by atoms with Crippen molar-refractivity contribution in [1.82, 2.24) is 0 Å². The second-order valence-electron chi connectivity index (χ2n) is 15.1. The van der Waals surface area contributed by atoms with E-state index in [9.17, 15) is 0 Å². The van der Waals surface area contributed by atoms with Gasteiger partial charge < -0.3 is 9.47 Å². The highest BCUT2D eigenvalue weighted by Crippen LogP contribution is 2.64. The van der Waals surface area contributed by atoms with Crippen LogP contribution in [0.15, 0.2) is 109 Å². The summed E-state index contributed by atoms with van der Waals surface area (Å²) in [6, 6.07) is 39.4. The SMILES string of the molecule is CCCCCOc1cc2c(cc1OCCCCC)C1(c3ccccc3-c3cc(-c4ccc5c(c4)-c4cccc[n+]4C5)ccc31)c1cc(C)c(C)cc1-2. The highest BCUT2D eigenvalue weighted by molar-refractivity contribution is 5.97. The Bertz CT molecular complexity index is 2350. The number of aromatic nitrogens is 1. The number of hydrogen-bond acceptors (Lipinski definition) is 2. The van der Waals surface area contributed by atoms with Crippen molar-refractivity contribution in [2.24, 2.45) is 0 Å². The molecule has 1 aromatic heterocycles. The fourth-order valence-corrected chi connectivity index (χ4v) is 9.10. The predicted molar refractivity (Wildman–Crippen MR) is 212 cm³/mol. The van der Waals surface area contributed by atoms with Crippen molar-refractivity contribution in [3.63, 3.8) is 0 Å². The van der Waals surface area contributed by atoms with E-state index in [0.29, 0.717) is 13.2 Å². The lowest BCUT2D eigenvalue weighted by Crippen LogP contribution is -2.31. The monoisotopic (exact) mass is 682 g/mol. The first kappa shape index (κ1) is 32.7. The Balaban J connectivity index is 1.24. The molecule has 0 saturated heterocycles. The number of aryl methyl sites for hydroxylation is 2. The van der Waals surface area contributed by atoms with Crippen molar-refractivity contribution in [3.8, 4) is 56.1 Å². The van der Waals surface area contributed by atoms with Crippen molar-refractivity contribution >= 4 is 0 Å². The summed E-state index contributed by atoms with van der Waals surface area (Å²) in [5.74, 6) is 1.73. The lowest BCUT2D eigenvalue weighted by molar-refractivity contribution is -0.672. The summed E-state index contributed by atoms with van der Waals surface area (Å²) in [5.41, 5.74) is 19.2. The summed E-state index contributed by atoms with van der Waals surface area (Å²) in [7, 11) is 0. The lowest BCUT2D eigenvalue weighted by atomic mass is 9.70. The molecule has 1 aliphatic heterocycles. The van der Waals surface area contributed by atoms with Gasteiger partial charge in [-0.25, -0.2) is 0 Å². The highest BCUT2D eigenvalue weighted by atomic mass is 16.5. The quantitative estimate of drug-likeness (QED) is 0.100. The lowest BCUT2D eigenvalue weighted by Gasteiger charge is -2.31. The van der Waals surface area contributed by atoms with Gasteiger partial charge in [0.15, 0.2) is 24.2 Å². The van der Waals surface area contributed by atoms with Crippen LogP contribution < -0.4 is 14.0 Å². The molecule has 3 aliphatic rings. The van der Waals surface area contributed by atoms with E-state index in [-0.39, 0.29) is 0 Å². The van der Waals surface area contributed by atoms with Crippen LogP contribution in [0.5, 0.6) is 11.5 Å². The minimum atomic E-state index is -0.455. The van der Waals surface area contributed by atoms with Crippen LogP contribution in [0.3, 0.4) is 0 Å². The van der Waals surface area contributed by atoms with Crippen molar-refractivity contribution in [1.29, 1.82) is 0 Å². The molecule has 260 valence electrons. The third kappa shape index (κ3) is 5.04. The maximum absolute atomic E-state index is 6.66. The summed E-state index contributed by atoms with van der Waals surface area (Å²) >= 11 is 0. The molecule has 0 radical (unpaired) electrons. The topological polar surface area (TPSA) is 22.3 Å². The molecule has 0 bridgehead atoms. The molecule has 3 nitrogen and oxygen atoms in total. The van der Waals surface area contributed by atoms with Gasteiger partial charge in [-0.05, 0) is 124 Å². The second-order valence-corrected chi connectivity index (χ2v) is 15.1. The van der Waals surface area contributed by atoms with Crippen LogP contribution in [0.1, 0.15) is 91.3 Å². The van der Waals surface area contributed by atoms with Gasteiger partial charge in [0.1, 0.15) is 0 Å². The van der Waals surface area contributed by atoms with E-state index in [4.69, 9.17) is 9.47 Å². The van der Waals surface area contributed by atoms with Gasteiger partial charge in [-0.1, -0.05) is 100 Å². The van der Waals surface area contributed by atoms with E-state index < -0.39 is 5.41 Å². The molecule has 0 fully saturated rings. The molecule has 2 aliphatic carbocycles. The van der Waals surface area contributed by atoms with Crippen LogP contribution in [0, 0.1) is 13.8 Å². The van der Waals surface area contributed by atoms with Crippen LogP contribution in [0.4, 0.5) is 0 Å². The molecule has 9 rings (SSSR count). The fraction of sp³-hybridized carbons (Fsp3) is 0.286. The zero-order valence-corrected chi connectivity index (χ0v) is 31.0. The molecule has 1 atom stereocenters. The number of unbranched alkanes of at least 4 members (excludes halogenated alkanes) is 4. The number of ether oxygens (including phenoxy) is 2. The first-order valence-electron chi connectivity index (χ1n) is 19.5. The largest absolute Gasteiger partial charge is 0.490 e. The van der Waals surface area contributed by atoms with Crippen molar-refractivity contribution < 1.29 is 14.0 Å². The Morgan fingerprint density at radius 2 is 1.15 bits per heavy atom. The summed E-state index contributed by atoms with van der Waals surface area (Å²) in [6.45, 7) is 11.3. The van der Waals surface area contributed by atoms with E-state index in [1.807, 2.05) is 0 Å². The summed E-state index contributed by atoms with van der Waals surface area (Å²) in [5, 5.41) is 0. The minimum Gasteiger partial charge on any atom is -0.490 e. The molecule has 1 unspecified atom stereocenters. The Morgan fingerprint density at radius 3 is 1.94 bits per heavy atom. The van der Waals surface area contributed by atoms with Crippen LogP contribution in [0.25, 0.3) is 44.6 Å². The van der Waals surface area contributed by atoms with Crippen LogP contribution in [-0.4, -0.2) is 13.2 Å². The van der Waals surface area contributed by atoms with E-state index in [0.717, 1.165) is 50.1 Å². The molecule has 0 amide bonds. The van der Waals surface area contributed by atoms with Gasteiger partial charge in [-0.15, -0.1) is 0 Å². The first-order valence-corrected chi connectivity index (χ1v) is 19.5. The molecule has 2 heterocycles. The number of rotatable bonds is 11. The highest BCUT2D eigenvalue weighted by Gasteiger charge is 2.52. The Morgan fingerprint density at radius 1 is 0.538 bits per heavy atom. The van der Waals surface area contributed by atoms with Crippen molar-refractivity contribution in [2.75, 3.05) is 13.2 Å². The van der Waals surface area contributed by atoms with Crippen LogP contribution in [0.2, 0.25) is 0 Å². The Labute approximate surface area is 308 Å². The third-order valence-electron chi connectivity index (χ3n) is 11.9. The van der Waals surface area contributed by atoms with Gasteiger partial charge in [0.2, 0.25) is 5.69 Å². The maximum Gasteiger partial charge on any atom is 0.213 e. The van der Waals surface area contributed by atoms with E-state index in [1.54, 1.807) is 0 Å². The standard InChI is InChI=1S/C49H48NO2/c1-5-7-13-23-51-47-29-41-39-25-32(3)33(4)26-44(39)49(45(41)30-48(47)52-24-14-8-6-2)42-16-10-9-15-37(42)40-28-35(20-21-43(40)49)34-18-19-36-31-50-22-12-11-17-46(50)38(36)27-34/h9-12,15-22,25-30H,5-8,13-14,23-24,31H2,1-4H3/q+1. The third-order valence-corrected chi connectivity index (χ3v) is 11.9. The van der Waals surface area contributed by atoms with Gasteiger partial charge in [-0.2, -0.15) is 4.57 Å². The molecular weight excluding hydrogens is 635 g/mol. The van der Waals surface area contributed by atoms with Crippen molar-refractivity contribution in [3.05, 3.63) is 148 Å². The zero-order valence-electron chi connectivity index (χ0n) is 31.0. The molecule has 6 aromatic rings. The van der Waals surface area contributed by atoms with Gasteiger partial charge in [-0.3, -0.25) is 0 Å². The van der Waals surface area contributed by atoms with E-state index >= 15 is 0 Å². The minimum absolute atomic E-state index is 0.455. The number of pyridine rings is 1. The van der Waals surface area contributed by atoms with Gasteiger partial charge >= 0.3 is 0 Å². The van der Waals surface area contributed by atoms with Gasteiger partial charge in [0.25, 0.3) is 0 Å². The smallest absolute Gasteiger partial charge is 0.213 e. The number of fused-ring (bicyclic) bond motifs is 13.